The van der Waals surface area contributed by atoms with Gasteiger partial charge < -0.3 is 9.30 Å². The van der Waals surface area contributed by atoms with E-state index in [2.05, 4.69) is 4.85 Å². The van der Waals surface area contributed by atoms with Gasteiger partial charge in [0.2, 0.25) is 0 Å². The average molecular weight is 310 g/mol. The maximum atomic E-state index is 13.3. The Bertz CT molecular complexity index is 751. The lowest BCUT2D eigenvalue weighted by molar-refractivity contribution is -0.135. The number of methoxy groups -OCH3 is 1. The monoisotopic (exact) mass is 310 g/mol. The van der Waals surface area contributed by atoms with Crippen LogP contribution in [-0.4, -0.2) is 17.3 Å². The van der Waals surface area contributed by atoms with Crippen LogP contribution in [0.15, 0.2) is 18.2 Å². The fourth-order valence-electron chi connectivity index (χ4n) is 2.50. The molecule has 0 N–H and O–H groups in total. The highest BCUT2D eigenvalue weighted by molar-refractivity contribution is 5.90. The van der Waals surface area contributed by atoms with Gasteiger partial charge >= 0.3 is 6.18 Å². The quantitative estimate of drug-likeness (QED) is 0.734. The smallest absolute Gasteiger partial charge is 0.377 e. The molecule has 1 heterocycles. The number of aryl methyl sites for hydroxylation is 1. The molecule has 1 aromatic heterocycles. The summed E-state index contributed by atoms with van der Waals surface area (Å²) in [5.74, 6) is 0. The van der Waals surface area contributed by atoms with E-state index in [1.165, 1.54) is 12.1 Å². The van der Waals surface area contributed by atoms with E-state index in [9.17, 15) is 13.2 Å². The molecule has 0 amide bonds. The summed E-state index contributed by atoms with van der Waals surface area (Å²) in [7, 11) is 1.57. The van der Waals surface area contributed by atoms with Crippen LogP contribution < -0.4 is 0 Å². The Hall–Kier alpha value is -2.00. The first-order valence-corrected chi connectivity index (χ1v) is 6.73. The summed E-state index contributed by atoms with van der Waals surface area (Å²) in [4.78, 5) is 3.01. The molecule has 22 heavy (non-hydrogen) atoms. The first kappa shape index (κ1) is 16.4. The molecule has 1 aromatic carbocycles. The molecule has 0 aliphatic rings. The van der Waals surface area contributed by atoms with Crippen molar-refractivity contribution in [2.75, 3.05) is 7.11 Å². The molecule has 0 aliphatic heterocycles. The number of hydrogen-bond donors (Lipinski definition) is 0. The maximum absolute atomic E-state index is 13.3. The van der Waals surface area contributed by atoms with Gasteiger partial charge in [-0.15, -0.1) is 0 Å². The van der Waals surface area contributed by atoms with E-state index in [1.54, 1.807) is 24.7 Å². The van der Waals surface area contributed by atoms with Gasteiger partial charge in [-0.25, -0.2) is 4.85 Å². The van der Waals surface area contributed by atoms with Crippen molar-refractivity contribution in [2.45, 2.75) is 39.1 Å². The Morgan fingerprint density at radius 3 is 2.41 bits per heavy atom. The topological polar surface area (TPSA) is 18.5 Å². The molecular weight excluding hydrogens is 293 g/mol. The van der Waals surface area contributed by atoms with E-state index in [0.717, 1.165) is 0 Å². The van der Waals surface area contributed by atoms with E-state index < -0.39 is 17.3 Å². The lowest BCUT2D eigenvalue weighted by Gasteiger charge is -2.25. The molecule has 0 radical (unpaired) electrons. The summed E-state index contributed by atoms with van der Waals surface area (Å²) in [6.45, 7) is 12.9. The highest BCUT2D eigenvalue weighted by Gasteiger charge is 2.36. The van der Waals surface area contributed by atoms with Crippen LogP contribution in [0, 0.1) is 13.5 Å². The summed E-state index contributed by atoms with van der Waals surface area (Å²) in [6, 6.07) is 4.28. The molecule has 2 aromatic rings. The molecule has 0 saturated carbocycles. The van der Waals surface area contributed by atoms with E-state index in [0.29, 0.717) is 17.8 Å². The number of alkyl halides is 3. The Morgan fingerprint density at radius 2 is 1.91 bits per heavy atom. The molecule has 118 valence electrons. The van der Waals surface area contributed by atoms with Crippen LogP contribution in [0.5, 0.6) is 0 Å². The Balaban J connectivity index is 2.75. The second kappa shape index (κ2) is 5.33. The van der Waals surface area contributed by atoms with Gasteiger partial charge in [0.15, 0.2) is 5.69 Å². The fourth-order valence-corrected chi connectivity index (χ4v) is 2.50. The molecule has 6 heteroatoms. The zero-order valence-corrected chi connectivity index (χ0v) is 12.9. The van der Waals surface area contributed by atoms with Crippen LogP contribution in [0.3, 0.4) is 0 Å². The molecule has 0 fully saturated rings. The van der Waals surface area contributed by atoms with Gasteiger partial charge in [0.1, 0.15) is 0 Å². The second-order valence-corrected chi connectivity index (χ2v) is 5.84. The minimum Gasteiger partial charge on any atom is -0.377 e. The van der Waals surface area contributed by atoms with E-state index in [1.807, 2.05) is 13.8 Å². The molecule has 0 unspecified atom stereocenters. The summed E-state index contributed by atoms with van der Waals surface area (Å²) in [5.41, 5.74) is -0.580. The summed E-state index contributed by atoms with van der Waals surface area (Å²) in [5, 5.41) is 0.0606. The number of fused-ring (bicyclic) bond motifs is 1. The number of nitrogens with zero attached hydrogens (tertiary/aromatic N) is 2. The van der Waals surface area contributed by atoms with Crippen LogP contribution in [0.4, 0.5) is 18.9 Å². The van der Waals surface area contributed by atoms with Crippen LogP contribution in [-0.2, 0) is 17.5 Å². The summed E-state index contributed by atoms with van der Waals surface area (Å²) >= 11 is 0. The first-order valence-electron chi connectivity index (χ1n) is 6.73. The predicted molar refractivity (Wildman–Crippen MR) is 79.0 cm³/mol. The van der Waals surface area contributed by atoms with Crippen molar-refractivity contribution in [1.29, 1.82) is 0 Å². The molecule has 2 rings (SSSR count). The van der Waals surface area contributed by atoms with Crippen molar-refractivity contribution < 1.29 is 17.9 Å². The molecule has 0 bridgehead atoms. The third-order valence-electron chi connectivity index (χ3n) is 3.77. The summed E-state index contributed by atoms with van der Waals surface area (Å²) in [6.07, 6.45) is -4.56. The minimum absolute atomic E-state index is 0.0606. The second-order valence-electron chi connectivity index (χ2n) is 5.84. The van der Waals surface area contributed by atoms with E-state index in [-0.39, 0.29) is 11.1 Å². The van der Waals surface area contributed by atoms with Crippen LogP contribution in [0.25, 0.3) is 15.7 Å². The van der Waals surface area contributed by atoms with Crippen LogP contribution in [0.2, 0.25) is 0 Å². The Morgan fingerprint density at radius 1 is 1.27 bits per heavy atom. The molecule has 0 saturated heterocycles. The van der Waals surface area contributed by atoms with Gasteiger partial charge in [-0.1, -0.05) is 6.07 Å². The van der Waals surface area contributed by atoms with Crippen molar-refractivity contribution in [3.63, 3.8) is 0 Å². The summed E-state index contributed by atoms with van der Waals surface area (Å²) < 4.78 is 47.2. The molecule has 0 aliphatic carbocycles. The lowest BCUT2D eigenvalue weighted by atomic mass is 10.1. The third kappa shape index (κ3) is 2.81. The van der Waals surface area contributed by atoms with Crippen molar-refractivity contribution in [3.05, 3.63) is 40.9 Å². The number of benzene rings is 1. The molecule has 0 spiro atoms. The van der Waals surface area contributed by atoms with Gasteiger partial charge in [0.05, 0.1) is 24.3 Å². The standard InChI is InChI=1S/C16H17F3N2O/c1-10-8-11-13(21(10)9-15(2,3)22-5)7-6-12(20-4)14(11)16(17,18)19/h6-8H,9H2,1-3,5H3. The number of hydrogen-bond acceptors (Lipinski definition) is 1. The maximum Gasteiger partial charge on any atom is 0.408 e. The Labute approximate surface area is 127 Å². The van der Waals surface area contributed by atoms with Crippen LogP contribution >= 0.6 is 0 Å². The van der Waals surface area contributed by atoms with Gasteiger partial charge in [0.25, 0.3) is 0 Å². The zero-order chi connectivity index (χ0) is 16.7. The van der Waals surface area contributed by atoms with Crippen molar-refractivity contribution in [3.8, 4) is 0 Å². The van der Waals surface area contributed by atoms with Crippen molar-refractivity contribution >= 4 is 16.6 Å². The Kier molecular flexibility index (Phi) is 3.96. The number of halogens is 3. The first-order chi connectivity index (χ1) is 10.1. The third-order valence-corrected chi connectivity index (χ3v) is 3.77. The van der Waals surface area contributed by atoms with Gasteiger partial charge in [-0.2, -0.15) is 13.2 Å². The normalized spacial score (nSPS) is 12.6. The fraction of sp³-hybridized carbons (Fsp3) is 0.438. The zero-order valence-electron chi connectivity index (χ0n) is 12.9. The van der Waals surface area contributed by atoms with E-state index in [4.69, 9.17) is 11.3 Å². The van der Waals surface area contributed by atoms with E-state index >= 15 is 0 Å². The lowest BCUT2D eigenvalue weighted by Crippen LogP contribution is -2.29. The highest BCUT2D eigenvalue weighted by atomic mass is 19.4. The molecular formula is C16H17F3N2O. The van der Waals surface area contributed by atoms with Crippen LogP contribution in [0.1, 0.15) is 25.1 Å². The van der Waals surface area contributed by atoms with Gasteiger partial charge in [-0.3, -0.25) is 0 Å². The molecule has 0 atom stereocenters. The average Bonchev–Trinajstić information content (AvgIpc) is 2.72. The SMILES string of the molecule is [C-]#[N+]c1ccc2c(cc(C)n2CC(C)(C)OC)c1C(F)(F)F. The number of aromatic nitrogens is 1. The van der Waals surface area contributed by atoms with Crippen molar-refractivity contribution in [1.82, 2.24) is 4.57 Å². The number of rotatable bonds is 3. The minimum atomic E-state index is -4.56. The van der Waals surface area contributed by atoms with Crippen molar-refractivity contribution in [2.24, 2.45) is 0 Å². The van der Waals surface area contributed by atoms with Gasteiger partial charge in [0, 0.05) is 23.7 Å². The number of ether oxygens (including phenoxy) is 1. The highest BCUT2D eigenvalue weighted by Crippen LogP contribution is 2.42. The molecule has 3 nitrogen and oxygen atoms in total. The van der Waals surface area contributed by atoms with Gasteiger partial charge in [-0.05, 0) is 32.9 Å². The largest absolute Gasteiger partial charge is 0.408 e. The predicted octanol–water partition coefficient (Wildman–Crippen LogP) is 4.94.